The minimum Gasteiger partial charge on any atom is -0.394 e. The van der Waals surface area contributed by atoms with Crippen molar-refractivity contribution in [3.8, 4) is 0 Å². The van der Waals surface area contributed by atoms with Gasteiger partial charge in [-0.1, -0.05) is 18.2 Å². The van der Waals surface area contributed by atoms with E-state index in [-0.39, 0.29) is 12.7 Å². The van der Waals surface area contributed by atoms with Crippen molar-refractivity contribution in [2.75, 3.05) is 31.2 Å². The molecule has 3 heteroatoms. The summed E-state index contributed by atoms with van der Waals surface area (Å²) in [6, 6.07) is 10.4. The highest BCUT2D eigenvalue weighted by atomic mass is 16.5. The second-order valence-corrected chi connectivity index (χ2v) is 3.79. The van der Waals surface area contributed by atoms with Crippen LogP contribution >= 0.6 is 0 Å². The molecule has 0 aromatic heterocycles. The zero-order valence-corrected chi connectivity index (χ0v) is 8.80. The summed E-state index contributed by atoms with van der Waals surface area (Å²) in [6.07, 6.45) is 1.33. The molecule has 1 saturated heterocycles. The van der Waals surface area contributed by atoms with E-state index in [9.17, 15) is 0 Å². The van der Waals surface area contributed by atoms with Gasteiger partial charge in [0.25, 0.3) is 0 Å². The number of rotatable bonds is 4. The van der Waals surface area contributed by atoms with Crippen LogP contribution in [0.25, 0.3) is 0 Å². The second kappa shape index (κ2) is 5.14. The molecule has 1 aromatic carbocycles. The third kappa shape index (κ3) is 2.70. The van der Waals surface area contributed by atoms with Gasteiger partial charge in [-0.15, -0.1) is 0 Å². The summed E-state index contributed by atoms with van der Waals surface area (Å²) in [4.78, 5) is 2.32. The number of hydrogen-bond acceptors (Lipinski definition) is 3. The molecule has 0 saturated carbocycles. The van der Waals surface area contributed by atoms with Crippen LogP contribution in [-0.2, 0) is 4.74 Å². The lowest BCUT2D eigenvalue weighted by atomic mass is 10.3. The lowest BCUT2D eigenvalue weighted by Crippen LogP contribution is -2.23. The Morgan fingerprint density at radius 3 is 2.87 bits per heavy atom. The lowest BCUT2D eigenvalue weighted by Gasteiger charge is -2.18. The van der Waals surface area contributed by atoms with E-state index in [0.717, 1.165) is 19.5 Å². The topological polar surface area (TPSA) is 32.7 Å². The van der Waals surface area contributed by atoms with Crippen LogP contribution in [-0.4, -0.2) is 37.5 Å². The van der Waals surface area contributed by atoms with Gasteiger partial charge in [0.1, 0.15) is 0 Å². The molecule has 0 amide bonds. The van der Waals surface area contributed by atoms with Gasteiger partial charge in [0, 0.05) is 18.8 Å². The van der Waals surface area contributed by atoms with Gasteiger partial charge in [-0.05, 0) is 18.6 Å². The number of benzene rings is 1. The van der Waals surface area contributed by atoms with E-state index in [4.69, 9.17) is 9.84 Å². The maximum Gasteiger partial charge on any atom is 0.0767 e. The predicted octanol–water partition coefficient (Wildman–Crippen LogP) is 1.27. The molecule has 1 heterocycles. The van der Waals surface area contributed by atoms with Crippen LogP contribution in [0.15, 0.2) is 30.3 Å². The average Bonchev–Trinajstić information content (AvgIpc) is 2.76. The molecule has 82 valence electrons. The SMILES string of the molecule is OCCOC1CCN(c2ccccc2)C1. The van der Waals surface area contributed by atoms with Crippen LogP contribution in [0.2, 0.25) is 0 Å². The van der Waals surface area contributed by atoms with Gasteiger partial charge in [-0.3, -0.25) is 0 Å². The van der Waals surface area contributed by atoms with Gasteiger partial charge in [0.2, 0.25) is 0 Å². The number of aliphatic hydroxyl groups is 1. The molecular weight excluding hydrogens is 190 g/mol. The van der Waals surface area contributed by atoms with Crippen LogP contribution in [0.1, 0.15) is 6.42 Å². The van der Waals surface area contributed by atoms with E-state index < -0.39 is 0 Å². The molecule has 1 aliphatic heterocycles. The monoisotopic (exact) mass is 207 g/mol. The van der Waals surface area contributed by atoms with E-state index in [2.05, 4.69) is 29.2 Å². The van der Waals surface area contributed by atoms with Crippen molar-refractivity contribution in [2.45, 2.75) is 12.5 Å². The fraction of sp³-hybridized carbons (Fsp3) is 0.500. The highest BCUT2D eigenvalue weighted by Crippen LogP contribution is 2.20. The van der Waals surface area contributed by atoms with Crippen LogP contribution < -0.4 is 4.90 Å². The zero-order chi connectivity index (χ0) is 10.5. The van der Waals surface area contributed by atoms with Crippen molar-refractivity contribution in [2.24, 2.45) is 0 Å². The van der Waals surface area contributed by atoms with E-state index in [1.165, 1.54) is 5.69 Å². The minimum atomic E-state index is 0.113. The Morgan fingerprint density at radius 1 is 1.33 bits per heavy atom. The quantitative estimate of drug-likeness (QED) is 0.807. The molecule has 1 unspecified atom stereocenters. The lowest BCUT2D eigenvalue weighted by molar-refractivity contribution is 0.0411. The van der Waals surface area contributed by atoms with E-state index in [0.29, 0.717) is 6.61 Å². The number of aliphatic hydroxyl groups excluding tert-OH is 1. The molecule has 0 bridgehead atoms. The van der Waals surface area contributed by atoms with Crippen LogP contribution in [0.5, 0.6) is 0 Å². The third-order valence-corrected chi connectivity index (χ3v) is 2.71. The van der Waals surface area contributed by atoms with Gasteiger partial charge in [0.05, 0.1) is 19.3 Å². The Balaban J connectivity index is 1.87. The van der Waals surface area contributed by atoms with Gasteiger partial charge in [-0.2, -0.15) is 0 Å². The maximum atomic E-state index is 8.67. The van der Waals surface area contributed by atoms with Crippen molar-refractivity contribution >= 4 is 5.69 Å². The molecule has 2 rings (SSSR count). The third-order valence-electron chi connectivity index (χ3n) is 2.71. The highest BCUT2D eigenvalue weighted by molar-refractivity contribution is 5.47. The number of anilines is 1. The van der Waals surface area contributed by atoms with Crippen LogP contribution in [0.4, 0.5) is 5.69 Å². The highest BCUT2D eigenvalue weighted by Gasteiger charge is 2.22. The van der Waals surface area contributed by atoms with Crippen molar-refractivity contribution in [1.29, 1.82) is 0 Å². The first kappa shape index (κ1) is 10.5. The molecule has 0 spiro atoms. The minimum absolute atomic E-state index is 0.113. The average molecular weight is 207 g/mol. The summed E-state index contributed by atoms with van der Waals surface area (Å²) in [6.45, 7) is 2.54. The van der Waals surface area contributed by atoms with Gasteiger partial charge >= 0.3 is 0 Å². The predicted molar refractivity (Wildman–Crippen MR) is 60.1 cm³/mol. The number of ether oxygens (including phenoxy) is 1. The summed E-state index contributed by atoms with van der Waals surface area (Å²) in [5.41, 5.74) is 1.26. The van der Waals surface area contributed by atoms with Crippen molar-refractivity contribution < 1.29 is 9.84 Å². The molecule has 1 aromatic rings. The molecule has 1 atom stereocenters. The molecule has 0 aliphatic carbocycles. The van der Waals surface area contributed by atoms with Gasteiger partial charge in [0.15, 0.2) is 0 Å². The smallest absolute Gasteiger partial charge is 0.0767 e. The Morgan fingerprint density at radius 2 is 2.13 bits per heavy atom. The molecule has 1 fully saturated rings. The number of para-hydroxylation sites is 1. The Kier molecular flexibility index (Phi) is 3.59. The molecule has 1 aliphatic rings. The maximum absolute atomic E-state index is 8.67. The molecule has 1 N–H and O–H groups in total. The van der Waals surface area contributed by atoms with E-state index in [1.54, 1.807) is 0 Å². The summed E-state index contributed by atoms with van der Waals surface area (Å²) in [5, 5.41) is 8.67. The first-order chi connectivity index (χ1) is 7.40. The van der Waals surface area contributed by atoms with Crippen molar-refractivity contribution in [3.05, 3.63) is 30.3 Å². The summed E-state index contributed by atoms with van der Waals surface area (Å²) < 4.78 is 5.51. The zero-order valence-electron chi connectivity index (χ0n) is 8.80. The van der Waals surface area contributed by atoms with Crippen molar-refractivity contribution in [1.82, 2.24) is 0 Å². The summed E-state index contributed by atoms with van der Waals surface area (Å²) >= 11 is 0. The standard InChI is InChI=1S/C12H17NO2/c14-8-9-15-12-6-7-13(10-12)11-4-2-1-3-5-11/h1-5,12,14H,6-10H2. The van der Waals surface area contributed by atoms with Crippen molar-refractivity contribution in [3.63, 3.8) is 0 Å². The van der Waals surface area contributed by atoms with E-state index in [1.807, 2.05) is 6.07 Å². The summed E-state index contributed by atoms with van der Waals surface area (Å²) in [5.74, 6) is 0. The van der Waals surface area contributed by atoms with E-state index >= 15 is 0 Å². The Bertz CT molecular complexity index is 289. The van der Waals surface area contributed by atoms with Gasteiger partial charge in [-0.25, -0.2) is 0 Å². The fourth-order valence-corrected chi connectivity index (χ4v) is 1.96. The number of hydrogen-bond donors (Lipinski definition) is 1. The number of nitrogens with zero attached hydrogens (tertiary/aromatic N) is 1. The largest absolute Gasteiger partial charge is 0.394 e. The molecule has 0 radical (unpaired) electrons. The second-order valence-electron chi connectivity index (χ2n) is 3.79. The summed E-state index contributed by atoms with van der Waals surface area (Å²) in [7, 11) is 0. The molecule has 15 heavy (non-hydrogen) atoms. The Labute approximate surface area is 90.3 Å². The molecular formula is C12H17NO2. The first-order valence-corrected chi connectivity index (χ1v) is 5.42. The fourth-order valence-electron chi connectivity index (χ4n) is 1.96. The molecule has 3 nitrogen and oxygen atoms in total. The van der Waals surface area contributed by atoms with Crippen LogP contribution in [0, 0.1) is 0 Å². The van der Waals surface area contributed by atoms with Crippen LogP contribution in [0.3, 0.4) is 0 Å². The first-order valence-electron chi connectivity index (χ1n) is 5.42. The normalized spacial score (nSPS) is 20.9. The Hall–Kier alpha value is -1.06. The van der Waals surface area contributed by atoms with Gasteiger partial charge < -0.3 is 14.7 Å².